The van der Waals surface area contributed by atoms with Gasteiger partial charge in [-0.3, -0.25) is 9.20 Å². The summed E-state index contributed by atoms with van der Waals surface area (Å²) >= 11 is 1.27. The van der Waals surface area contributed by atoms with Gasteiger partial charge in [0, 0.05) is 37.1 Å². The molecular formula is C19H23N5O3S2. The number of sulfonamides is 1. The van der Waals surface area contributed by atoms with Gasteiger partial charge in [0.05, 0.1) is 5.92 Å². The molecule has 1 atom stereocenters. The first-order valence-electron chi connectivity index (χ1n) is 9.58. The van der Waals surface area contributed by atoms with E-state index in [0.29, 0.717) is 36.6 Å². The van der Waals surface area contributed by atoms with Gasteiger partial charge in [-0.1, -0.05) is 6.07 Å². The van der Waals surface area contributed by atoms with Gasteiger partial charge in [-0.15, -0.1) is 21.5 Å². The summed E-state index contributed by atoms with van der Waals surface area (Å²) < 4.78 is 29.4. The Bertz CT molecular complexity index is 1120. The Hall–Kier alpha value is -2.30. The van der Waals surface area contributed by atoms with Gasteiger partial charge in [-0.25, -0.2) is 8.42 Å². The van der Waals surface area contributed by atoms with Crippen molar-refractivity contribution in [1.82, 2.24) is 24.2 Å². The number of nitrogens with one attached hydrogen (secondary N) is 1. The first-order valence-corrected chi connectivity index (χ1v) is 11.8. The first kappa shape index (κ1) is 20.0. The molecule has 0 radical (unpaired) electrons. The fourth-order valence-electron chi connectivity index (χ4n) is 3.56. The Morgan fingerprint density at radius 3 is 2.93 bits per heavy atom. The minimum Gasteiger partial charge on any atom is -0.355 e. The van der Waals surface area contributed by atoms with Crippen LogP contribution >= 0.6 is 11.3 Å². The minimum absolute atomic E-state index is 0.110. The third-order valence-corrected chi connectivity index (χ3v) is 8.43. The molecule has 29 heavy (non-hydrogen) atoms. The number of thiophene rings is 1. The lowest BCUT2D eigenvalue weighted by molar-refractivity contribution is -0.126. The molecule has 154 valence electrons. The monoisotopic (exact) mass is 433 g/mol. The number of rotatable bonds is 6. The molecule has 0 bridgehead atoms. The van der Waals surface area contributed by atoms with Crippen molar-refractivity contribution in [2.75, 3.05) is 19.6 Å². The Morgan fingerprint density at radius 2 is 2.14 bits per heavy atom. The predicted octanol–water partition coefficient (Wildman–Crippen LogP) is 1.86. The zero-order valence-electron chi connectivity index (χ0n) is 16.1. The second-order valence-electron chi connectivity index (χ2n) is 7.15. The fraction of sp³-hybridized carbons (Fsp3) is 0.421. The number of piperidine rings is 1. The van der Waals surface area contributed by atoms with Crippen LogP contribution in [0.15, 0.2) is 40.7 Å². The van der Waals surface area contributed by atoms with Crippen molar-refractivity contribution in [3.05, 3.63) is 47.2 Å². The van der Waals surface area contributed by atoms with Crippen molar-refractivity contribution in [2.45, 2.75) is 30.4 Å². The summed E-state index contributed by atoms with van der Waals surface area (Å²) in [6.45, 7) is 2.99. The van der Waals surface area contributed by atoms with Crippen LogP contribution in [-0.2, 0) is 21.2 Å². The normalized spacial score (nSPS) is 18.2. The van der Waals surface area contributed by atoms with E-state index in [4.69, 9.17) is 0 Å². The second-order valence-corrected chi connectivity index (χ2v) is 10.6. The van der Waals surface area contributed by atoms with E-state index in [1.807, 2.05) is 35.7 Å². The molecular weight excluding hydrogens is 410 g/mol. The molecule has 3 aromatic rings. The van der Waals surface area contributed by atoms with Crippen LogP contribution in [0, 0.1) is 12.8 Å². The van der Waals surface area contributed by atoms with E-state index < -0.39 is 10.0 Å². The molecule has 1 N–H and O–H groups in total. The van der Waals surface area contributed by atoms with Gasteiger partial charge in [0.2, 0.25) is 5.91 Å². The highest BCUT2D eigenvalue weighted by Gasteiger charge is 2.33. The molecule has 0 aromatic carbocycles. The lowest BCUT2D eigenvalue weighted by Crippen LogP contribution is -2.45. The highest BCUT2D eigenvalue weighted by molar-refractivity contribution is 7.91. The number of pyridine rings is 1. The minimum atomic E-state index is -3.54. The summed E-state index contributed by atoms with van der Waals surface area (Å²) in [7, 11) is -3.54. The molecule has 1 saturated heterocycles. The lowest BCUT2D eigenvalue weighted by atomic mass is 9.99. The molecule has 10 heteroatoms. The summed E-state index contributed by atoms with van der Waals surface area (Å²) in [6, 6.07) is 9.13. The number of nitrogens with zero attached hydrogens (tertiary/aromatic N) is 4. The Kier molecular flexibility index (Phi) is 5.66. The maximum atomic E-state index is 12.8. The predicted molar refractivity (Wildman–Crippen MR) is 110 cm³/mol. The van der Waals surface area contributed by atoms with Crippen molar-refractivity contribution in [3.8, 4) is 0 Å². The van der Waals surface area contributed by atoms with E-state index in [2.05, 4.69) is 15.5 Å². The molecule has 8 nitrogen and oxygen atoms in total. The van der Waals surface area contributed by atoms with Crippen molar-refractivity contribution in [2.24, 2.45) is 5.92 Å². The maximum absolute atomic E-state index is 12.8. The van der Waals surface area contributed by atoms with E-state index >= 15 is 0 Å². The van der Waals surface area contributed by atoms with Gasteiger partial charge < -0.3 is 5.32 Å². The van der Waals surface area contributed by atoms with Crippen molar-refractivity contribution >= 4 is 32.9 Å². The zero-order valence-corrected chi connectivity index (χ0v) is 17.7. The number of carbonyl (C=O) groups excluding carboxylic acids is 1. The van der Waals surface area contributed by atoms with Crippen LogP contribution in [-0.4, -0.2) is 52.9 Å². The van der Waals surface area contributed by atoms with E-state index in [1.165, 1.54) is 15.6 Å². The van der Waals surface area contributed by atoms with Crippen molar-refractivity contribution in [1.29, 1.82) is 0 Å². The molecule has 1 aliphatic heterocycles. The van der Waals surface area contributed by atoms with E-state index in [0.717, 1.165) is 16.3 Å². The quantitative estimate of drug-likeness (QED) is 0.640. The van der Waals surface area contributed by atoms with Gasteiger partial charge in [0.1, 0.15) is 10.0 Å². The third kappa shape index (κ3) is 4.19. The fourth-order valence-corrected chi connectivity index (χ4v) is 6.52. The molecule has 1 amide bonds. The summed E-state index contributed by atoms with van der Waals surface area (Å²) in [4.78, 5) is 13.6. The van der Waals surface area contributed by atoms with E-state index in [1.54, 1.807) is 12.1 Å². The standard InChI is InChI=1S/C19H23N5O3S2/c1-14-7-8-18(28-14)29(26,27)23-11-4-5-15(13-23)19(25)20-10-9-17-22-21-16-6-2-3-12-24(16)17/h2-3,6-8,12,15H,4-5,9-11,13H2,1H3,(H,20,25)/t15-/m1/s1. The number of fused-ring (bicyclic) bond motifs is 1. The number of hydrogen-bond donors (Lipinski definition) is 1. The van der Waals surface area contributed by atoms with Crippen molar-refractivity contribution in [3.63, 3.8) is 0 Å². The molecule has 4 heterocycles. The highest BCUT2D eigenvalue weighted by atomic mass is 32.2. The van der Waals surface area contributed by atoms with Crippen LogP contribution in [0.3, 0.4) is 0 Å². The third-order valence-electron chi connectivity index (χ3n) is 5.10. The number of amides is 1. The van der Waals surface area contributed by atoms with Crippen LogP contribution in [0.2, 0.25) is 0 Å². The average molecular weight is 434 g/mol. The maximum Gasteiger partial charge on any atom is 0.252 e. The first-order chi connectivity index (χ1) is 13.9. The van der Waals surface area contributed by atoms with Crippen molar-refractivity contribution < 1.29 is 13.2 Å². The van der Waals surface area contributed by atoms with Gasteiger partial charge in [0.15, 0.2) is 5.65 Å². The smallest absolute Gasteiger partial charge is 0.252 e. The van der Waals surface area contributed by atoms with Gasteiger partial charge in [0.25, 0.3) is 10.0 Å². The molecule has 1 aliphatic rings. The molecule has 4 rings (SSSR count). The molecule has 3 aromatic heterocycles. The number of aromatic nitrogens is 3. The summed E-state index contributed by atoms with van der Waals surface area (Å²) in [5, 5.41) is 11.2. The molecule has 0 spiro atoms. The summed E-state index contributed by atoms with van der Waals surface area (Å²) in [6.07, 6.45) is 3.81. The average Bonchev–Trinajstić information content (AvgIpc) is 3.35. The lowest BCUT2D eigenvalue weighted by Gasteiger charge is -2.30. The van der Waals surface area contributed by atoms with Gasteiger partial charge in [-0.05, 0) is 44.0 Å². The number of hydrogen-bond acceptors (Lipinski definition) is 6. The Morgan fingerprint density at radius 1 is 1.28 bits per heavy atom. The van der Waals surface area contributed by atoms with Gasteiger partial charge >= 0.3 is 0 Å². The number of aryl methyl sites for hydroxylation is 1. The summed E-state index contributed by atoms with van der Waals surface area (Å²) in [5.74, 6) is 0.331. The highest BCUT2D eigenvalue weighted by Crippen LogP contribution is 2.28. The molecule has 0 aliphatic carbocycles. The second kappa shape index (κ2) is 8.21. The number of carbonyl (C=O) groups is 1. The van der Waals surface area contributed by atoms with Crippen LogP contribution in [0.1, 0.15) is 23.5 Å². The van der Waals surface area contributed by atoms with Crippen LogP contribution in [0.4, 0.5) is 0 Å². The van der Waals surface area contributed by atoms with Crippen LogP contribution < -0.4 is 5.32 Å². The van der Waals surface area contributed by atoms with Crippen LogP contribution in [0.5, 0.6) is 0 Å². The van der Waals surface area contributed by atoms with Crippen LogP contribution in [0.25, 0.3) is 5.65 Å². The van der Waals surface area contributed by atoms with E-state index in [9.17, 15) is 13.2 Å². The summed E-state index contributed by atoms with van der Waals surface area (Å²) in [5.41, 5.74) is 0.769. The largest absolute Gasteiger partial charge is 0.355 e. The van der Waals surface area contributed by atoms with E-state index in [-0.39, 0.29) is 18.4 Å². The molecule has 0 saturated carbocycles. The zero-order chi connectivity index (χ0) is 20.4. The van der Waals surface area contributed by atoms with Gasteiger partial charge in [-0.2, -0.15) is 4.31 Å². The SMILES string of the molecule is Cc1ccc(S(=O)(=O)N2CCC[C@@H](C(=O)NCCc3nnc4ccccn34)C2)s1. The molecule has 1 fully saturated rings. The topological polar surface area (TPSA) is 96.7 Å². The molecule has 0 unspecified atom stereocenters. The Balaban J connectivity index is 1.35. The Labute approximate surface area is 173 Å².